The van der Waals surface area contributed by atoms with Gasteiger partial charge in [-0.3, -0.25) is 9.79 Å². The summed E-state index contributed by atoms with van der Waals surface area (Å²) in [4.78, 5) is 18.6. The van der Waals surface area contributed by atoms with E-state index in [2.05, 4.69) is 53.7 Å². The highest BCUT2D eigenvalue weighted by atomic mass is 16.2. The lowest BCUT2D eigenvalue weighted by Crippen LogP contribution is -2.40. The third-order valence-electron chi connectivity index (χ3n) is 4.26. The normalized spacial score (nSPS) is 12.6. The Morgan fingerprint density at radius 3 is 2.32 bits per heavy atom. The van der Waals surface area contributed by atoms with Gasteiger partial charge in [0.25, 0.3) is 0 Å². The fourth-order valence-corrected chi connectivity index (χ4v) is 2.59. The molecule has 0 radical (unpaired) electrons. The van der Waals surface area contributed by atoms with Crippen LogP contribution < -0.4 is 10.6 Å². The summed E-state index contributed by atoms with van der Waals surface area (Å²) in [5.41, 5.74) is 2.56. The maximum Gasteiger partial charge on any atom is 0.224 e. The number of rotatable bonds is 9. The van der Waals surface area contributed by atoms with Gasteiger partial charge in [-0.25, -0.2) is 0 Å². The highest BCUT2D eigenvalue weighted by molar-refractivity contribution is 5.81. The largest absolute Gasteiger partial charge is 0.357 e. The van der Waals surface area contributed by atoms with Gasteiger partial charge in [-0.15, -0.1) is 0 Å². The molecular formula is C20H34N4O. The van der Waals surface area contributed by atoms with Crippen LogP contribution in [0.25, 0.3) is 0 Å². The van der Waals surface area contributed by atoms with E-state index in [4.69, 9.17) is 0 Å². The molecule has 25 heavy (non-hydrogen) atoms. The molecule has 0 bridgehead atoms. The molecule has 5 heteroatoms. The van der Waals surface area contributed by atoms with Crippen molar-refractivity contribution >= 4 is 11.9 Å². The van der Waals surface area contributed by atoms with Gasteiger partial charge in [0.1, 0.15) is 0 Å². The van der Waals surface area contributed by atoms with E-state index in [0.29, 0.717) is 25.4 Å². The van der Waals surface area contributed by atoms with E-state index >= 15 is 0 Å². The predicted octanol–water partition coefficient (Wildman–Crippen LogP) is 2.91. The van der Waals surface area contributed by atoms with Crippen molar-refractivity contribution < 1.29 is 4.79 Å². The second kappa shape index (κ2) is 11.5. The van der Waals surface area contributed by atoms with Gasteiger partial charge >= 0.3 is 0 Å². The molecule has 0 heterocycles. The van der Waals surface area contributed by atoms with Crippen molar-refractivity contribution in [3.8, 4) is 0 Å². The number of benzene rings is 1. The first-order chi connectivity index (χ1) is 12.0. The quantitative estimate of drug-likeness (QED) is 0.534. The van der Waals surface area contributed by atoms with Crippen LogP contribution in [0.1, 0.15) is 51.2 Å². The number of guanidine groups is 1. The number of aryl methyl sites for hydroxylation is 1. The predicted molar refractivity (Wildman–Crippen MR) is 106 cm³/mol. The summed E-state index contributed by atoms with van der Waals surface area (Å²) in [7, 11) is 0. The summed E-state index contributed by atoms with van der Waals surface area (Å²) in [6, 6.07) is 8.60. The Labute approximate surface area is 152 Å². The maximum absolute atomic E-state index is 12.0. The molecular weight excluding hydrogens is 312 g/mol. The first-order valence-corrected chi connectivity index (χ1v) is 9.38. The summed E-state index contributed by atoms with van der Waals surface area (Å²) in [6.45, 7) is 14.0. The van der Waals surface area contributed by atoms with Crippen LogP contribution in [0, 0.1) is 6.92 Å². The highest BCUT2D eigenvalue weighted by Crippen LogP contribution is 2.15. The smallest absolute Gasteiger partial charge is 0.224 e. The van der Waals surface area contributed by atoms with Gasteiger partial charge in [0, 0.05) is 45.1 Å². The molecule has 0 aliphatic heterocycles. The van der Waals surface area contributed by atoms with Crippen molar-refractivity contribution in [2.45, 2.75) is 47.0 Å². The SMILES string of the molecule is CCNC(=NCC(C)c1ccc(C)cc1)NCCC(=O)N(CC)CC. The summed E-state index contributed by atoms with van der Waals surface area (Å²) in [5, 5.41) is 6.51. The van der Waals surface area contributed by atoms with Crippen LogP contribution >= 0.6 is 0 Å². The van der Waals surface area contributed by atoms with Crippen LogP contribution in [0.5, 0.6) is 0 Å². The lowest BCUT2D eigenvalue weighted by Gasteiger charge is -2.19. The van der Waals surface area contributed by atoms with E-state index in [1.807, 2.05) is 25.7 Å². The van der Waals surface area contributed by atoms with E-state index < -0.39 is 0 Å². The Morgan fingerprint density at radius 1 is 1.12 bits per heavy atom. The number of carbonyl (C=O) groups is 1. The number of amides is 1. The fourth-order valence-electron chi connectivity index (χ4n) is 2.59. The third-order valence-corrected chi connectivity index (χ3v) is 4.26. The van der Waals surface area contributed by atoms with Gasteiger partial charge in [0.05, 0.1) is 0 Å². The van der Waals surface area contributed by atoms with Gasteiger partial charge < -0.3 is 15.5 Å². The maximum atomic E-state index is 12.0. The van der Waals surface area contributed by atoms with Crippen LogP contribution in [0.4, 0.5) is 0 Å². The molecule has 1 amide bonds. The molecule has 1 aromatic rings. The summed E-state index contributed by atoms with van der Waals surface area (Å²) in [5.74, 6) is 1.31. The van der Waals surface area contributed by atoms with Crippen molar-refractivity contribution in [2.24, 2.45) is 4.99 Å². The van der Waals surface area contributed by atoms with Crippen molar-refractivity contribution in [3.63, 3.8) is 0 Å². The van der Waals surface area contributed by atoms with E-state index in [1.165, 1.54) is 11.1 Å². The van der Waals surface area contributed by atoms with Gasteiger partial charge in [-0.05, 0) is 33.3 Å². The Kier molecular flexibility index (Phi) is 9.66. The number of hydrogen-bond donors (Lipinski definition) is 2. The van der Waals surface area contributed by atoms with Gasteiger partial charge in [0.15, 0.2) is 5.96 Å². The summed E-state index contributed by atoms with van der Waals surface area (Å²) in [6.07, 6.45) is 0.486. The van der Waals surface area contributed by atoms with E-state index in [-0.39, 0.29) is 5.91 Å². The van der Waals surface area contributed by atoms with Gasteiger partial charge in [0.2, 0.25) is 5.91 Å². The molecule has 1 unspecified atom stereocenters. The van der Waals surface area contributed by atoms with E-state index in [9.17, 15) is 4.79 Å². The zero-order chi connectivity index (χ0) is 18.7. The molecule has 0 aliphatic carbocycles. The topological polar surface area (TPSA) is 56.7 Å². The van der Waals surface area contributed by atoms with Crippen molar-refractivity contribution in [1.29, 1.82) is 0 Å². The molecule has 1 aromatic carbocycles. The minimum Gasteiger partial charge on any atom is -0.357 e. The number of hydrogen-bond acceptors (Lipinski definition) is 2. The zero-order valence-electron chi connectivity index (χ0n) is 16.4. The molecule has 0 aromatic heterocycles. The molecule has 0 fully saturated rings. The highest BCUT2D eigenvalue weighted by Gasteiger charge is 2.09. The van der Waals surface area contributed by atoms with E-state index in [1.54, 1.807) is 0 Å². The average Bonchev–Trinajstić information content (AvgIpc) is 2.61. The lowest BCUT2D eigenvalue weighted by atomic mass is 10.0. The second-order valence-corrected chi connectivity index (χ2v) is 6.27. The zero-order valence-corrected chi connectivity index (χ0v) is 16.4. The van der Waals surface area contributed by atoms with Crippen LogP contribution in [-0.4, -0.2) is 49.5 Å². The Bertz CT molecular complexity index is 535. The number of nitrogens with one attached hydrogen (secondary N) is 2. The van der Waals surface area contributed by atoms with Crippen molar-refractivity contribution in [2.75, 3.05) is 32.7 Å². The third kappa shape index (κ3) is 7.59. The molecule has 0 saturated carbocycles. The molecule has 0 spiro atoms. The minimum absolute atomic E-state index is 0.182. The number of aliphatic imine (C=N–C) groups is 1. The molecule has 140 valence electrons. The average molecular weight is 347 g/mol. The Balaban J connectivity index is 2.53. The standard InChI is InChI=1S/C20H34N4O/c1-6-21-20(22-14-13-19(25)24(7-2)8-3)23-15-17(5)18-11-9-16(4)10-12-18/h9-12,17H,6-8,13-15H2,1-5H3,(H2,21,22,23). The molecule has 2 N–H and O–H groups in total. The Hall–Kier alpha value is -2.04. The first-order valence-electron chi connectivity index (χ1n) is 9.38. The van der Waals surface area contributed by atoms with Gasteiger partial charge in [-0.2, -0.15) is 0 Å². The van der Waals surface area contributed by atoms with Crippen LogP contribution in [0.2, 0.25) is 0 Å². The Morgan fingerprint density at radius 2 is 1.76 bits per heavy atom. The monoisotopic (exact) mass is 346 g/mol. The fraction of sp³-hybridized carbons (Fsp3) is 0.600. The number of nitrogens with zero attached hydrogens (tertiary/aromatic N) is 2. The summed E-state index contributed by atoms with van der Waals surface area (Å²) < 4.78 is 0. The van der Waals surface area contributed by atoms with Crippen molar-refractivity contribution in [3.05, 3.63) is 35.4 Å². The van der Waals surface area contributed by atoms with Crippen LogP contribution in [0.3, 0.4) is 0 Å². The lowest BCUT2D eigenvalue weighted by molar-refractivity contribution is -0.130. The van der Waals surface area contributed by atoms with Gasteiger partial charge in [-0.1, -0.05) is 36.8 Å². The minimum atomic E-state index is 0.182. The molecule has 0 saturated heterocycles. The summed E-state index contributed by atoms with van der Waals surface area (Å²) >= 11 is 0. The van der Waals surface area contributed by atoms with Crippen LogP contribution in [0.15, 0.2) is 29.3 Å². The molecule has 1 atom stereocenters. The second-order valence-electron chi connectivity index (χ2n) is 6.27. The molecule has 0 aliphatic rings. The van der Waals surface area contributed by atoms with E-state index in [0.717, 1.165) is 25.6 Å². The molecule has 5 nitrogen and oxygen atoms in total. The number of carbonyl (C=O) groups excluding carboxylic acids is 1. The van der Waals surface area contributed by atoms with Crippen molar-refractivity contribution in [1.82, 2.24) is 15.5 Å². The van der Waals surface area contributed by atoms with Crippen LogP contribution in [-0.2, 0) is 4.79 Å². The first kappa shape index (κ1) is 21.0. The molecule has 1 rings (SSSR count).